The van der Waals surface area contributed by atoms with Crippen LogP contribution in [-0.2, 0) is 28.4 Å². The molecule has 228 valence electrons. The first-order chi connectivity index (χ1) is 20.0. The molecule has 0 aliphatic rings. The summed E-state index contributed by atoms with van der Waals surface area (Å²) >= 11 is 0. The maximum absolute atomic E-state index is 5.22. The molecular weight excluding hydrogens is 602 g/mol. The standard InChI is InChI=1S/C33H37N2P2.C5H5.Fe/c1-31(2,3)37(32(4,5)6)22-25-14-11-15-26(25)33(36,29-20-18-23-12-7-9-16-27(23)34-29)30-21-19-24-13-8-10-17-28(24)35-30;1-2-4-5-3-1;/h7-21H,22,36H2,1-6H3;1-5H;/q-1;-5;. The third-order valence-electron chi connectivity index (χ3n) is 7.84. The Balaban J connectivity index is 0.000000641. The number of rotatable bonds is 5. The van der Waals surface area contributed by atoms with Crippen LogP contribution in [0.1, 0.15) is 64.1 Å². The van der Waals surface area contributed by atoms with Crippen molar-refractivity contribution in [3.63, 3.8) is 0 Å². The summed E-state index contributed by atoms with van der Waals surface area (Å²) in [5.41, 5.74) is 6.70. The molecule has 6 rings (SSSR count). The Kier molecular flexibility index (Phi) is 10.5. The summed E-state index contributed by atoms with van der Waals surface area (Å²) in [7, 11) is 2.89. The normalized spacial score (nSPS) is 12.2. The topological polar surface area (TPSA) is 25.8 Å². The Morgan fingerprint density at radius 2 is 1.07 bits per heavy atom. The number of para-hydroxylation sites is 2. The van der Waals surface area contributed by atoms with Gasteiger partial charge in [-0.3, -0.25) is 9.97 Å². The van der Waals surface area contributed by atoms with Gasteiger partial charge >= 0.3 is 0 Å². The van der Waals surface area contributed by atoms with E-state index in [9.17, 15) is 0 Å². The van der Waals surface area contributed by atoms with Crippen LogP contribution in [-0.4, -0.2) is 20.3 Å². The molecule has 0 aliphatic heterocycles. The molecule has 43 heavy (non-hydrogen) atoms. The average Bonchev–Trinajstić information content (AvgIpc) is 3.70. The van der Waals surface area contributed by atoms with E-state index in [4.69, 9.17) is 9.97 Å². The average molecular weight is 645 g/mol. The Hall–Kier alpha value is -2.66. The summed E-state index contributed by atoms with van der Waals surface area (Å²) in [5, 5.41) is 2.22. The fourth-order valence-electron chi connectivity index (χ4n) is 5.93. The van der Waals surface area contributed by atoms with E-state index < -0.39 is 5.16 Å². The van der Waals surface area contributed by atoms with Gasteiger partial charge in [0.1, 0.15) is 0 Å². The molecule has 5 heteroatoms. The van der Waals surface area contributed by atoms with Gasteiger partial charge in [-0.25, -0.2) is 12.1 Å². The zero-order valence-electron chi connectivity index (χ0n) is 26.0. The number of fused-ring (bicyclic) bond motifs is 2. The summed E-state index contributed by atoms with van der Waals surface area (Å²) in [5.74, 6) is 0. The van der Waals surface area contributed by atoms with Gasteiger partial charge in [0.05, 0.1) is 27.6 Å². The molecule has 0 amide bonds. The molecule has 1 atom stereocenters. The van der Waals surface area contributed by atoms with Crippen LogP contribution in [0.3, 0.4) is 0 Å². The van der Waals surface area contributed by atoms with Gasteiger partial charge in [-0.05, 0) is 34.6 Å². The minimum absolute atomic E-state index is 0. The summed E-state index contributed by atoms with van der Waals surface area (Å²) < 4.78 is 0. The fourth-order valence-corrected chi connectivity index (χ4v) is 10.1. The van der Waals surface area contributed by atoms with Crippen molar-refractivity contribution < 1.29 is 17.1 Å². The molecule has 0 aliphatic carbocycles. The van der Waals surface area contributed by atoms with Gasteiger partial charge in [0.2, 0.25) is 0 Å². The molecule has 0 N–H and O–H groups in total. The van der Waals surface area contributed by atoms with Crippen LogP contribution in [0.2, 0.25) is 0 Å². The predicted molar refractivity (Wildman–Crippen MR) is 187 cm³/mol. The Morgan fingerprint density at radius 3 is 1.51 bits per heavy atom. The van der Waals surface area contributed by atoms with Crippen molar-refractivity contribution in [1.29, 1.82) is 0 Å². The van der Waals surface area contributed by atoms with E-state index in [1.165, 1.54) is 11.1 Å². The van der Waals surface area contributed by atoms with E-state index in [-0.39, 0.29) is 35.3 Å². The number of aromatic nitrogens is 2. The van der Waals surface area contributed by atoms with Crippen molar-refractivity contribution in [1.82, 2.24) is 9.97 Å². The van der Waals surface area contributed by atoms with Gasteiger partial charge in [0.25, 0.3) is 0 Å². The van der Waals surface area contributed by atoms with Crippen molar-refractivity contribution in [2.75, 3.05) is 0 Å². The monoisotopic (exact) mass is 644 g/mol. The molecule has 1 unspecified atom stereocenters. The molecular formula is C38H42FeN2P2-6. The van der Waals surface area contributed by atoms with Crippen molar-refractivity contribution in [2.24, 2.45) is 0 Å². The Bertz CT molecular complexity index is 1650. The number of nitrogens with zero attached hydrogens (tertiary/aromatic N) is 2. The zero-order valence-corrected chi connectivity index (χ0v) is 29.2. The van der Waals surface area contributed by atoms with E-state index in [2.05, 4.69) is 142 Å². The first-order valence-corrected chi connectivity index (χ1v) is 16.8. The molecule has 0 spiro atoms. The van der Waals surface area contributed by atoms with Crippen LogP contribution in [0.15, 0.2) is 121 Å². The summed E-state index contributed by atoms with van der Waals surface area (Å²) in [6.07, 6.45) is 1.07. The second kappa shape index (κ2) is 13.5. The number of pyridine rings is 2. The van der Waals surface area contributed by atoms with E-state index in [1.54, 1.807) is 0 Å². The minimum atomic E-state index is -0.566. The molecule has 0 saturated heterocycles. The van der Waals surface area contributed by atoms with Gasteiger partial charge in [0, 0.05) is 27.8 Å². The van der Waals surface area contributed by atoms with Gasteiger partial charge in [-0.2, -0.15) is 6.07 Å². The smallest absolute Gasteiger partial charge is 0.0710 e. The van der Waals surface area contributed by atoms with E-state index in [0.29, 0.717) is 0 Å². The van der Waals surface area contributed by atoms with Crippen LogP contribution in [0, 0.1) is 0 Å². The summed E-state index contributed by atoms with van der Waals surface area (Å²) in [6.45, 7) is 14.4. The molecule has 4 aromatic carbocycles. The van der Waals surface area contributed by atoms with Crippen molar-refractivity contribution in [3.8, 4) is 0 Å². The molecule has 0 radical (unpaired) electrons. The first kappa shape index (κ1) is 33.2. The minimum Gasteiger partial charge on any atom is -0.748 e. The maximum atomic E-state index is 5.22. The fraction of sp³-hybridized carbons (Fsp3) is 0.263. The van der Waals surface area contributed by atoms with Crippen molar-refractivity contribution in [2.45, 2.75) is 63.2 Å². The molecule has 0 saturated carbocycles. The second-order valence-electron chi connectivity index (χ2n) is 12.9. The van der Waals surface area contributed by atoms with E-state index in [1.807, 2.05) is 30.3 Å². The van der Waals surface area contributed by atoms with Crippen molar-refractivity contribution in [3.05, 3.63) is 144 Å². The molecule has 6 aromatic rings. The predicted octanol–water partition coefficient (Wildman–Crippen LogP) is 10.7. The van der Waals surface area contributed by atoms with Gasteiger partial charge in [0.15, 0.2) is 0 Å². The van der Waals surface area contributed by atoms with Crippen LogP contribution >= 0.6 is 17.2 Å². The molecule has 0 fully saturated rings. The Labute approximate surface area is 271 Å². The van der Waals surface area contributed by atoms with Gasteiger partial charge < -0.3 is 30.3 Å². The van der Waals surface area contributed by atoms with Gasteiger partial charge in [-0.15, -0.1) is 28.3 Å². The first-order valence-electron chi connectivity index (χ1n) is 14.7. The molecule has 2 aromatic heterocycles. The molecule has 0 bridgehead atoms. The third-order valence-corrected chi connectivity index (χ3v) is 12.6. The van der Waals surface area contributed by atoms with Gasteiger partial charge in [-0.1, -0.05) is 96.2 Å². The summed E-state index contributed by atoms with van der Waals surface area (Å²) in [4.78, 5) is 10.4. The summed E-state index contributed by atoms with van der Waals surface area (Å²) in [6, 6.07) is 42.3. The van der Waals surface area contributed by atoms with Crippen molar-refractivity contribution >= 4 is 39.0 Å². The number of benzene rings is 2. The number of hydrogen-bond donors (Lipinski definition) is 0. The van der Waals surface area contributed by atoms with Crippen LogP contribution in [0.4, 0.5) is 0 Å². The van der Waals surface area contributed by atoms with Crippen LogP contribution in [0.5, 0.6) is 0 Å². The Morgan fingerprint density at radius 1 is 0.628 bits per heavy atom. The van der Waals surface area contributed by atoms with E-state index in [0.717, 1.165) is 39.4 Å². The molecule has 2 nitrogen and oxygen atoms in total. The third kappa shape index (κ3) is 7.36. The maximum Gasteiger partial charge on any atom is 0.0710 e. The quantitative estimate of drug-likeness (QED) is 0.106. The van der Waals surface area contributed by atoms with Crippen LogP contribution in [0.25, 0.3) is 21.8 Å². The SMILES string of the molecule is CC(C)(C)P(C[c-]1cccc1C(P)(c1ccc2ccccc2n1)c1ccc2ccccc2n1)C(C)(C)C.[Fe].[cH-]1[cH-][cH-][cH-][cH-]1. The van der Waals surface area contributed by atoms with Crippen LogP contribution < -0.4 is 0 Å². The molecule has 2 heterocycles. The largest absolute Gasteiger partial charge is 0.748 e. The van der Waals surface area contributed by atoms with E-state index >= 15 is 0 Å². The zero-order chi connectivity index (χ0) is 30.0. The second-order valence-corrected chi connectivity index (χ2v) is 17.7. The number of hydrogen-bond acceptors (Lipinski definition) is 2.